The minimum absolute atomic E-state index is 0.105. The number of hydrogen-bond acceptors (Lipinski definition) is 3. The van der Waals surface area contributed by atoms with Crippen molar-refractivity contribution in [2.75, 3.05) is 5.32 Å². The molecule has 16 heavy (non-hydrogen) atoms. The van der Waals surface area contributed by atoms with Crippen molar-refractivity contribution < 1.29 is 9.18 Å². The quantitative estimate of drug-likeness (QED) is 0.763. The Morgan fingerprint density at radius 1 is 1.62 bits per heavy atom. The Bertz CT molecular complexity index is 353. The number of anilines is 1. The average Bonchev–Trinajstić information content (AvgIpc) is 2.30. The topological polar surface area (TPSA) is 68.0 Å². The van der Waals surface area contributed by atoms with Crippen molar-refractivity contribution in [2.24, 2.45) is 11.7 Å². The minimum Gasteiger partial charge on any atom is -0.323 e. The van der Waals surface area contributed by atoms with Gasteiger partial charge in [0, 0.05) is 0 Å². The molecular formula is C11H16FN3O. The molecule has 0 saturated carbocycles. The highest BCUT2D eigenvalue weighted by molar-refractivity contribution is 5.94. The minimum atomic E-state index is -0.579. The molecule has 1 amide bonds. The van der Waals surface area contributed by atoms with Crippen LogP contribution >= 0.6 is 0 Å². The second-order valence-corrected chi connectivity index (χ2v) is 3.77. The van der Waals surface area contributed by atoms with Gasteiger partial charge >= 0.3 is 0 Å². The lowest BCUT2D eigenvalue weighted by Crippen LogP contribution is -2.40. The lowest BCUT2D eigenvalue weighted by atomic mass is 9.99. The van der Waals surface area contributed by atoms with Gasteiger partial charge < -0.3 is 11.1 Å². The third-order valence-corrected chi connectivity index (χ3v) is 2.55. The fourth-order valence-corrected chi connectivity index (χ4v) is 1.19. The molecule has 0 radical (unpaired) electrons. The van der Waals surface area contributed by atoms with Crippen molar-refractivity contribution in [3.05, 3.63) is 24.3 Å². The predicted octanol–water partition coefficient (Wildman–Crippen LogP) is 1.53. The van der Waals surface area contributed by atoms with Crippen LogP contribution in [0.4, 0.5) is 10.1 Å². The van der Waals surface area contributed by atoms with Crippen LogP contribution in [0.25, 0.3) is 0 Å². The number of nitrogens with two attached hydrogens (primary N) is 1. The van der Waals surface area contributed by atoms with E-state index in [0.717, 1.165) is 6.42 Å². The van der Waals surface area contributed by atoms with Gasteiger partial charge in [-0.2, -0.15) is 4.39 Å². The normalized spacial score (nSPS) is 14.2. The average molecular weight is 225 g/mol. The Hall–Kier alpha value is -1.49. The molecule has 0 bridgehead atoms. The zero-order valence-corrected chi connectivity index (χ0v) is 9.40. The summed E-state index contributed by atoms with van der Waals surface area (Å²) in [6.45, 7) is 3.88. The van der Waals surface area contributed by atoms with Crippen LogP contribution < -0.4 is 11.1 Å². The molecule has 1 rings (SSSR count). The van der Waals surface area contributed by atoms with E-state index >= 15 is 0 Å². The third kappa shape index (κ3) is 3.27. The summed E-state index contributed by atoms with van der Waals surface area (Å²) in [5.41, 5.74) is 6.19. The van der Waals surface area contributed by atoms with Crippen LogP contribution in [0.15, 0.2) is 18.3 Å². The summed E-state index contributed by atoms with van der Waals surface area (Å²) in [6.07, 6.45) is 2.09. The van der Waals surface area contributed by atoms with E-state index in [9.17, 15) is 9.18 Å². The van der Waals surface area contributed by atoms with Crippen LogP contribution in [0, 0.1) is 11.9 Å². The summed E-state index contributed by atoms with van der Waals surface area (Å²) in [5, 5.41) is 2.59. The Balaban J connectivity index is 2.60. The Morgan fingerprint density at radius 2 is 2.31 bits per heavy atom. The molecule has 0 saturated heterocycles. The van der Waals surface area contributed by atoms with Crippen LogP contribution in [0.2, 0.25) is 0 Å². The van der Waals surface area contributed by atoms with E-state index in [4.69, 9.17) is 5.73 Å². The first-order chi connectivity index (χ1) is 7.54. The maximum atomic E-state index is 12.5. The van der Waals surface area contributed by atoms with E-state index in [1.807, 2.05) is 13.8 Å². The van der Waals surface area contributed by atoms with E-state index in [0.29, 0.717) is 5.69 Å². The van der Waals surface area contributed by atoms with E-state index in [2.05, 4.69) is 10.3 Å². The van der Waals surface area contributed by atoms with Gasteiger partial charge in [-0.1, -0.05) is 20.3 Å². The van der Waals surface area contributed by atoms with Crippen molar-refractivity contribution in [1.82, 2.24) is 4.98 Å². The molecule has 4 nitrogen and oxygen atoms in total. The monoisotopic (exact) mass is 225 g/mol. The smallest absolute Gasteiger partial charge is 0.241 e. The molecule has 88 valence electrons. The molecule has 0 aromatic carbocycles. The SMILES string of the molecule is CCC(C)[C@H](N)C(=O)Nc1ccc(F)nc1. The number of aromatic nitrogens is 1. The van der Waals surface area contributed by atoms with Gasteiger partial charge in [0.25, 0.3) is 0 Å². The molecule has 1 aromatic heterocycles. The van der Waals surface area contributed by atoms with Gasteiger partial charge in [0.05, 0.1) is 17.9 Å². The molecular weight excluding hydrogens is 209 g/mol. The number of hydrogen-bond donors (Lipinski definition) is 2. The highest BCUT2D eigenvalue weighted by Crippen LogP contribution is 2.10. The molecule has 1 aromatic rings. The van der Waals surface area contributed by atoms with E-state index in [-0.39, 0.29) is 11.8 Å². The summed E-state index contributed by atoms with van der Waals surface area (Å²) < 4.78 is 12.5. The molecule has 0 aliphatic carbocycles. The fraction of sp³-hybridized carbons (Fsp3) is 0.455. The third-order valence-electron chi connectivity index (χ3n) is 2.55. The molecule has 3 N–H and O–H groups in total. The van der Waals surface area contributed by atoms with Gasteiger partial charge in [-0.3, -0.25) is 4.79 Å². The number of carbonyl (C=O) groups excluding carboxylic acids is 1. The second kappa shape index (κ2) is 5.55. The van der Waals surface area contributed by atoms with Crippen LogP contribution in [0.3, 0.4) is 0 Å². The molecule has 1 heterocycles. The van der Waals surface area contributed by atoms with Crippen molar-refractivity contribution in [3.63, 3.8) is 0 Å². The molecule has 1 unspecified atom stereocenters. The van der Waals surface area contributed by atoms with Gasteiger partial charge in [-0.25, -0.2) is 4.98 Å². The zero-order valence-electron chi connectivity index (χ0n) is 9.40. The standard InChI is InChI=1S/C11H16FN3O/c1-3-7(2)10(13)11(16)15-8-4-5-9(12)14-6-8/h4-7,10H,3,13H2,1-2H3,(H,15,16)/t7?,10-/m0/s1. The second-order valence-electron chi connectivity index (χ2n) is 3.77. The van der Waals surface area contributed by atoms with Crippen LogP contribution in [-0.4, -0.2) is 16.9 Å². The number of pyridine rings is 1. The number of carbonyl (C=O) groups is 1. The van der Waals surface area contributed by atoms with Crippen molar-refractivity contribution in [3.8, 4) is 0 Å². The molecule has 0 aliphatic heterocycles. The van der Waals surface area contributed by atoms with Crippen molar-refractivity contribution >= 4 is 11.6 Å². The molecule has 2 atom stereocenters. The number of nitrogens with zero attached hydrogens (tertiary/aromatic N) is 1. The Kier molecular flexibility index (Phi) is 4.37. The van der Waals surface area contributed by atoms with Crippen LogP contribution in [-0.2, 0) is 4.79 Å². The van der Waals surface area contributed by atoms with Gasteiger partial charge in [0.15, 0.2) is 0 Å². The van der Waals surface area contributed by atoms with Gasteiger partial charge in [0.2, 0.25) is 11.9 Å². The highest BCUT2D eigenvalue weighted by atomic mass is 19.1. The largest absolute Gasteiger partial charge is 0.323 e. The first kappa shape index (κ1) is 12.6. The highest BCUT2D eigenvalue weighted by Gasteiger charge is 2.19. The van der Waals surface area contributed by atoms with E-state index in [1.165, 1.54) is 18.3 Å². The number of nitrogens with one attached hydrogen (secondary N) is 1. The first-order valence-corrected chi connectivity index (χ1v) is 5.22. The summed E-state index contributed by atoms with van der Waals surface area (Å²) in [7, 11) is 0. The van der Waals surface area contributed by atoms with Crippen molar-refractivity contribution in [2.45, 2.75) is 26.3 Å². The lowest BCUT2D eigenvalue weighted by molar-refractivity contribution is -0.118. The first-order valence-electron chi connectivity index (χ1n) is 5.22. The van der Waals surface area contributed by atoms with Crippen molar-refractivity contribution in [1.29, 1.82) is 0 Å². The Morgan fingerprint density at radius 3 is 2.81 bits per heavy atom. The molecule has 5 heteroatoms. The summed E-state index contributed by atoms with van der Waals surface area (Å²) >= 11 is 0. The fourth-order valence-electron chi connectivity index (χ4n) is 1.19. The summed E-state index contributed by atoms with van der Waals surface area (Å²) in [5.74, 6) is -0.750. The zero-order chi connectivity index (χ0) is 12.1. The lowest BCUT2D eigenvalue weighted by Gasteiger charge is -2.17. The van der Waals surface area contributed by atoms with Gasteiger partial charge in [-0.15, -0.1) is 0 Å². The van der Waals surface area contributed by atoms with Crippen LogP contribution in [0.1, 0.15) is 20.3 Å². The van der Waals surface area contributed by atoms with Gasteiger partial charge in [-0.05, 0) is 18.1 Å². The van der Waals surface area contributed by atoms with E-state index in [1.54, 1.807) is 0 Å². The molecule has 0 spiro atoms. The summed E-state index contributed by atoms with van der Waals surface area (Å²) in [6, 6.07) is 2.07. The Labute approximate surface area is 94.1 Å². The maximum Gasteiger partial charge on any atom is 0.241 e. The predicted molar refractivity (Wildman–Crippen MR) is 60.3 cm³/mol. The van der Waals surface area contributed by atoms with E-state index < -0.39 is 12.0 Å². The summed E-state index contributed by atoms with van der Waals surface area (Å²) in [4.78, 5) is 15.1. The maximum absolute atomic E-state index is 12.5. The number of halogens is 1. The molecule has 0 aliphatic rings. The number of rotatable bonds is 4. The van der Waals surface area contributed by atoms with Gasteiger partial charge in [0.1, 0.15) is 0 Å². The van der Waals surface area contributed by atoms with Crippen LogP contribution in [0.5, 0.6) is 0 Å². The molecule has 0 fully saturated rings. The number of amides is 1.